The Kier molecular flexibility index (Phi) is 5.52. The van der Waals surface area contributed by atoms with Gasteiger partial charge in [-0.1, -0.05) is 6.07 Å². The molecule has 0 aliphatic carbocycles. The van der Waals surface area contributed by atoms with Crippen molar-refractivity contribution in [1.82, 2.24) is 25.1 Å². The first kappa shape index (κ1) is 20.4. The summed E-state index contributed by atoms with van der Waals surface area (Å²) in [7, 11) is 0. The maximum Gasteiger partial charge on any atom is 0.121 e. The third-order valence-corrected chi connectivity index (χ3v) is 6.92. The number of nitrogens with one attached hydrogen (secondary N) is 1. The fraction of sp³-hybridized carbons (Fsp3) is 0.370. The summed E-state index contributed by atoms with van der Waals surface area (Å²) >= 11 is 0. The molecular formula is C27H29N5O. The summed E-state index contributed by atoms with van der Waals surface area (Å²) in [5.41, 5.74) is 6.48. The van der Waals surface area contributed by atoms with E-state index < -0.39 is 0 Å². The topological polar surface area (TPSA) is 64.9 Å². The molecule has 1 unspecified atom stereocenters. The summed E-state index contributed by atoms with van der Waals surface area (Å²) in [6, 6.07) is 14.4. The summed E-state index contributed by atoms with van der Waals surface area (Å²) in [4.78, 5) is 9.27. The Hall–Kier alpha value is -3.25. The van der Waals surface area contributed by atoms with Crippen LogP contribution in [0.25, 0.3) is 33.4 Å². The van der Waals surface area contributed by atoms with Gasteiger partial charge in [-0.05, 0) is 87.0 Å². The first-order valence-electron chi connectivity index (χ1n) is 12.1. The van der Waals surface area contributed by atoms with E-state index in [1.807, 2.05) is 30.6 Å². The number of ether oxygens (including phenoxy) is 1. The van der Waals surface area contributed by atoms with E-state index in [-0.39, 0.29) is 0 Å². The highest BCUT2D eigenvalue weighted by Crippen LogP contribution is 2.40. The second-order valence-corrected chi connectivity index (χ2v) is 9.10. The van der Waals surface area contributed by atoms with E-state index >= 15 is 0 Å². The Morgan fingerprint density at radius 3 is 2.97 bits per heavy atom. The standard InChI is InChI=1S/C27H29N5O/c1-2-12-29-23(6-1)27-26(25-7-3-15-32(25)31-27)22-11-14-30-24-17-20(8-9-21(22)24)33-16-4-5-19-10-13-28-18-19/h1-2,6,8-9,11-12,14,17,19,28H,3-5,7,10,13,15-16,18H2. The molecule has 0 bridgehead atoms. The molecule has 4 aromatic rings. The third-order valence-electron chi connectivity index (χ3n) is 6.92. The van der Waals surface area contributed by atoms with Gasteiger partial charge in [0.05, 0.1) is 17.8 Å². The molecule has 33 heavy (non-hydrogen) atoms. The minimum atomic E-state index is 0.752. The molecule has 168 valence electrons. The molecule has 3 aromatic heterocycles. The van der Waals surface area contributed by atoms with Crippen LogP contribution in [0.15, 0.2) is 54.9 Å². The second-order valence-electron chi connectivity index (χ2n) is 9.10. The maximum absolute atomic E-state index is 6.08. The number of nitrogens with zero attached hydrogens (tertiary/aromatic N) is 4. The number of pyridine rings is 2. The van der Waals surface area contributed by atoms with Crippen LogP contribution in [-0.2, 0) is 13.0 Å². The second kappa shape index (κ2) is 8.94. The van der Waals surface area contributed by atoms with Gasteiger partial charge in [0.15, 0.2) is 0 Å². The molecule has 1 N–H and O–H groups in total. The number of hydrogen-bond acceptors (Lipinski definition) is 5. The molecule has 2 aliphatic rings. The normalized spacial score (nSPS) is 17.5. The SMILES string of the molecule is c1ccc(-c2nn3c(c2-c2ccnc4cc(OCCCC5CCNC5)ccc24)CCC3)nc1. The lowest BCUT2D eigenvalue weighted by atomic mass is 9.96. The van der Waals surface area contributed by atoms with Gasteiger partial charge >= 0.3 is 0 Å². The van der Waals surface area contributed by atoms with E-state index in [1.165, 1.54) is 29.7 Å². The van der Waals surface area contributed by atoms with Crippen molar-refractivity contribution in [3.63, 3.8) is 0 Å². The number of aryl methyl sites for hydroxylation is 1. The molecule has 2 aliphatic heterocycles. The van der Waals surface area contributed by atoms with Crippen LogP contribution in [0.5, 0.6) is 5.75 Å². The highest BCUT2D eigenvalue weighted by molar-refractivity contribution is 5.99. The van der Waals surface area contributed by atoms with Crippen molar-refractivity contribution in [3.8, 4) is 28.3 Å². The molecular weight excluding hydrogens is 410 g/mol. The van der Waals surface area contributed by atoms with Gasteiger partial charge in [0, 0.05) is 41.6 Å². The Morgan fingerprint density at radius 1 is 1.09 bits per heavy atom. The maximum atomic E-state index is 6.08. The van der Waals surface area contributed by atoms with Crippen LogP contribution < -0.4 is 10.1 Å². The average molecular weight is 440 g/mol. The lowest BCUT2D eigenvalue weighted by molar-refractivity contribution is 0.295. The number of hydrogen-bond donors (Lipinski definition) is 1. The van der Waals surface area contributed by atoms with Crippen LogP contribution in [0.1, 0.15) is 31.4 Å². The van der Waals surface area contributed by atoms with Gasteiger partial charge in [-0.3, -0.25) is 14.6 Å². The van der Waals surface area contributed by atoms with E-state index in [1.54, 1.807) is 0 Å². The monoisotopic (exact) mass is 439 g/mol. The summed E-state index contributed by atoms with van der Waals surface area (Å²) < 4.78 is 8.24. The van der Waals surface area contributed by atoms with Crippen molar-refractivity contribution in [3.05, 3.63) is 60.6 Å². The molecule has 1 fully saturated rings. The molecule has 1 atom stereocenters. The molecule has 1 aromatic carbocycles. The highest BCUT2D eigenvalue weighted by atomic mass is 16.5. The Bertz CT molecular complexity index is 1260. The van der Waals surface area contributed by atoms with E-state index in [0.29, 0.717) is 0 Å². The molecule has 6 nitrogen and oxygen atoms in total. The summed E-state index contributed by atoms with van der Waals surface area (Å²) in [6.07, 6.45) is 9.52. The highest BCUT2D eigenvalue weighted by Gasteiger charge is 2.25. The Morgan fingerprint density at radius 2 is 2.09 bits per heavy atom. The van der Waals surface area contributed by atoms with Gasteiger partial charge in [-0.2, -0.15) is 5.10 Å². The first-order valence-corrected chi connectivity index (χ1v) is 12.1. The fourth-order valence-electron chi connectivity index (χ4n) is 5.26. The largest absolute Gasteiger partial charge is 0.494 e. The molecule has 0 radical (unpaired) electrons. The van der Waals surface area contributed by atoms with Crippen LogP contribution in [0.2, 0.25) is 0 Å². The van der Waals surface area contributed by atoms with Crippen LogP contribution >= 0.6 is 0 Å². The molecule has 5 heterocycles. The predicted molar refractivity (Wildman–Crippen MR) is 130 cm³/mol. The van der Waals surface area contributed by atoms with Crippen molar-refractivity contribution < 1.29 is 4.74 Å². The zero-order valence-corrected chi connectivity index (χ0v) is 18.8. The minimum absolute atomic E-state index is 0.752. The zero-order chi connectivity index (χ0) is 22.0. The van der Waals surface area contributed by atoms with Crippen LogP contribution in [0.4, 0.5) is 0 Å². The number of benzene rings is 1. The molecule has 6 rings (SSSR count). The minimum Gasteiger partial charge on any atom is -0.494 e. The van der Waals surface area contributed by atoms with Crippen molar-refractivity contribution in [2.45, 2.75) is 38.6 Å². The van der Waals surface area contributed by atoms with E-state index in [2.05, 4.69) is 44.2 Å². The molecule has 0 spiro atoms. The van der Waals surface area contributed by atoms with Gasteiger partial charge in [0.2, 0.25) is 0 Å². The number of aromatic nitrogens is 4. The van der Waals surface area contributed by atoms with Gasteiger partial charge in [-0.25, -0.2) is 0 Å². The first-order chi connectivity index (χ1) is 16.4. The lowest BCUT2D eigenvalue weighted by Crippen LogP contribution is -2.09. The predicted octanol–water partition coefficient (Wildman–Crippen LogP) is 4.88. The number of rotatable bonds is 7. The van der Waals surface area contributed by atoms with Crippen molar-refractivity contribution in [2.24, 2.45) is 5.92 Å². The van der Waals surface area contributed by atoms with Crippen LogP contribution in [0, 0.1) is 5.92 Å². The van der Waals surface area contributed by atoms with Crippen molar-refractivity contribution >= 4 is 10.9 Å². The average Bonchev–Trinajstić information content (AvgIpc) is 3.60. The summed E-state index contributed by atoms with van der Waals surface area (Å²) in [5.74, 6) is 1.70. The lowest BCUT2D eigenvalue weighted by Gasteiger charge is -2.12. The van der Waals surface area contributed by atoms with Gasteiger partial charge in [0.1, 0.15) is 11.4 Å². The van der Waals surface area contributed by atoms with E-state index in [9.17, 15) is 0 Å². The summed E-state index contributed by atoms with van der Waals surface area (Å²) in [6.45, 7) is 4.03. The number of fused-ring (bicyclic) bond motifs is 2. The van der Waals surface area contributed by atoms with E-state index in [0.717, 1.165) is 79.5 Å². The summed E-state index contributed by atoms with van der Waals surface area (Å²) in [5, 5.41) is 9.51. The van der Waals surface area contributed by atoms with Crippen LogP contribution in [0.3, 0.4) is 0 Å². The quantitative estimate of drug-likeness (QED) is 0.416. The molecule has 0 saturated carbocycles. The van der Waals surface area contributed by atoms with Crippen LogP contribution in [-0.4, -0.2) is 39.4 Å². The third kappa shape index (κ3) is 4.00. The van der Waals surface area contributed by atoms with Gasteiger partial charge in [0.25, 0.3) is 0 Å². The van der Waals surface area contributed by atoms with Gasteiger partial charge in [-0.15, -0.1) is 0 Å². The van der Waals surface area contributed by atoms with Crippen molar-refractivity contribution in [2.75, 3.05) is 19.7 Å². The molecule has 6 heteroatoms. The van der Waals surface area contributed by atoms with Crippen molar-refractivity contribution in [1.29, 1.82) is 0 Å². The molecule has 1 saturated heterocycles. The fourth-order valence-corrected chi connectivity index (χ4v) is 5.26. The Balaban J connectivity index is 1.30. The van der Waals surface area contributed by atoms with E-state index in [4.69, 9.17) is 9.84 Å². The Labute approximate surface area is 194 Å². The zero-order valence-electron chi connectivity index (χ0n) is 18.8. The molecule has 0 amide bonds. The van der Waals surface area contributed by atoms with Gasteiger partial charge < -0.3 is 10.1 Å². The smallest absolute Gasteiger partial charge is 0.121 e.